The summed E-state index contributed by atoms with van der Waals surface area (Å²) in [4.78, 5) is 6.43. The quantitative estimate of drug-likeness (QED) is 0.844. The molecule has 102 valence electrons. The lowest BCUT2D eigenvalue weighted by Crippen LogP contribution is -2.41. The van der Waals surface area contributed by atoms with E-state index < -0.39 is 0 Å². The normalized spacial score (nSPS) is 19.0. The fraction of sp³-hybridized carbons (Fsp3) is 0.615. The summed E-state index contributed by atoms with van der Waals surface area (Å²) in [6, 6.07) is 0. The van der Waals surface area contributed by atoms with Crippen LogP contribution in [0.3, 0.4) is 0 Å². The van der Waals surface area contributed by atoms with Crippen molar-refractivity contribution >= 4 is 17.4 Å². The highest BCUT2D eigenvalue weighted by Crippen LogP contribution is 2.31. The van der Waals surface area contributed by atoms with Gasteiger partial charge in [0.1, 0.15) is 0 Å². The van der Waals surface area contributed by atoms with E-state index in [9.17, 15) is 0 Å². The number of nitrogen functional groups attached to an aromatic ring is 1. The van der Waals surface area contributed by atoms with E-state index in [-0.39, 0.29) is 0 Å². The van der Waals surface area contributed by atoms with Gasteiger partial charge in [0.25, 0.3) is 0 Å². The van der Waals surface area contributed by atoms with E-state index in [1.54, 1.807) is 6.20 Å². The van der Waals surface area contributed by atoms with E-state index in [0.29, 0.717) is 16.9 Å². The van der Waals surface area contributed by atoms with Crippen LogP contribution in [0.4, 0.5) is 11.8 Å². The van der Waals surface area contributed by atoms with Crippen molar-refractivity contribution in [1.29, 1.82) is 0 Å². The molecule has 0 amide bonds. The molecule has 0 bridgehead atoms. The van der Waals surface area contributed by atoms with Gasteiger partial charge in [0.05, 0.1) is 0 Å². The minimum absolute atomic E-state index is 0.316. The molecule has 6 nitrogen and oxygen atoms in total. The number of nitrogens with zero attached hydrogens (tertiary/aromatic N) is 5. The average molecular weight is 260 g/mol. The fourth-order valence-corrected chi connectivity index (χ4v) is 2.84. The highest BCUT2D eigenvalue weighted by molar-refractivity contribution is 5.62. The summed E-state index contributed by atoms with van der Waals surface area (Å²) < 4.78 is 2.00. The first kappa shape index (κ1) is 12.2. The zero-order valence-corrected chi connectivity index (χ0v) is 11.7. The molecule has 0 aliphatic carbocycles. The van der Waals surface area contributed by atoms with Gasteiger partial charge in [-0.1, -0.05) is 13.8 Å². The first-order valence-electron chi connectivity index (χ1n) is 6.69. The maximum absolute atomic E-state index is 5.87. The standard InChI is InChI=1S/C13H20N6/c1-9-7-15-10(14)11-16-17-12(19(9)11)18-6-4-5-13(2,3)8-18/h7H,4-6,8H2,1-3H3,(H2,14,15). The monoisotopic (exact) mass is 260 g/mol. The van der Waals surface area contributed by atoms with Gasteiger partial charge in [-0.3, -0.25) is 4.40 Å². The number of nitrogens with two attached hydrogens (primary N) is 1. The van der Waals surface area contributed by atoms with Crippen molar-refractivity contribution in [3.8, 4) is 0 Å². The molecule has 1 aliphatic rings. The molecule has 2 aromatic heterocycles. The molecule has 6 heteroatoms. The molecule has 0 spiro atoms. The van der Waals surface area contributed by atoms with E-state index in [2.05, 4.69) is 33.9 Å². The Morgan fingerprint density at radius 2 is 2.11 bits per heavy atom. The predicted molar refractivity (Wildman–Crippen MR) is 75.2 cm³/mol. The number of hydrogen-bond donors (Lipinski definition) is 1. The van der Waals surface area contributed by atoms with Crippen LogP contribution in [0, 0.1) is 12.3 Å². The number of hydrogen-bond acceptors (Lipinski definition) is 5. The molecule has 1 saturated heterocycles. The maximum Gasteiger partial charge on any atom is 0.232 e. The molecule has 3 rings (SSSR count). The van der Waals surface area contributed by atoms with Crippen molar-refractivity contribution in [1.82, 2.24) is 19.6 Å². The number of piperidine rings is 1. The highest BCUT2D eigenvalue weighted by atomic mass is 15.4. The molecular weight excluding hydrogens is 240 g/mol. The van der Waals surface area contributed by atoms with Crippen LogP contribution in [-0.2, 0) is 0 Å². The summed E-state index contributed by atoms with van der Waals surface area (Å²) in [7, 11) is 0. The molecule has 3 heterocycles. The van der Waals surface area contributed by atoms with Gasteiger partial charge in [0.2, 0.25) is 11.6 Å². The van der Waals surface area contributed by atoms with Crippen LogP contribution in [0.1, 0.15) is 32.4 Å². The topological polar surface area (TPSA) is 72.3 Å². The van der Waals surface area contributed by atoms with Gasteiger partial charge in [0, 0.05) is 25.0 Å². The van der Waals surface area contributed by atoms with Gasteiger partial charge in [-0.15, -0.1) is 10.2 Å². The molecule has 2 aromatic rings. The Bertz CT molecular complexity index is 615. The summed E-state index contributed by atoms with van der Waals surface area (Å²) in [5.41, 5.74) is 7.84. The Labute approximate surface area is 112 Å². The Hall–Kier alpha value is -1.85. The predicted octanol–water partition coefficient (Wildman–Crippen LogP) is 1.64. The Morgan fingerprint density at radius 1 is 1.32 bits per heavy atom. The van der Waals surface area contributed by atoms with Crippen LogP contribution in [0.2, 0.25) is 0 Å². The third kappa shape index (κ3) is 2.01. The summed E-state index contributed by atoms with van der Waals surface area (Å²) in [5, 5.41) is 8.51. The van der Waals surface area contributed by atoms with Crippen molar-refractivity contribution in [3.05, 3.63) is 11.9 Å². The van der Waals surface area contributed by atoms with E-state index >= 15 is 0 Å². The lowest BCUT2D eigenvalue weighted by atomic mass is 9.84. The first-order chi connectivity index (χ1) is 8.98. The van der Waals surface area contributed by atoms with Crippen LogP contribution < -0.4 is 10.6 Å². The smallest absolute Gasteiger partial charge is 0.232 e. The van der Waals surface area contributed by atoms with E-state index in [4.69, 9.17) is 5.73 Å². The van der Waals surface area contributed by atoms with Crippen LogP contribution >= 0.6 is 0 Å². The summed E-state index contributed by atoms with van der Waals surface area (Å²) in [6.45, 7) is 8.61. The number of anilines is 2. The van der Waals surface area contributed by atoms with Crippen LogP contribution in [0.25, 0.3) is 5.65 Å². The lowest BCUT2D eigenvalue weighted by molar-refractivity contribution is 0.290. The Morgan fingerprint density at radius 3 is 2.84 bits per heavy atom. The van der Waals surface area contributed by atoms with Gasteiger partial charge in [-0.25, -0.2) is 4.98 Å². The second kappa shape index (κ2) is 4.08. The molecular formula is C13H20N6. The first-order valence-corrected chi connectivity index (χ1v) is 6.69. The number of aromatic nitrogens is 4. The zero-order valence-electron chi connectivity index (χ0n) is 11.7. The SMILES string of the molecule is Cc1cnc(N)c2nnc(N3CCCC(C)(C)C3)n12. The van der Waals surface area contributed by atoms with Crippen molar-refractivity contribution < 1.29 is 0 Å². The molecule has 2 N–H and O–H groups in total. The highest BCUT2D eigenvalue weighted by Gasteiger charge is 2.29. The summed E-state index contributed by atoms with van der Waals surface area (Å²) >= 11 is 0. The minimum atomic E-state index is 0.316. The van der Waals surface area contributed by atoms with Crippen molar-refractivity contribution in [3.63, 3.8) is 0 Å². The molecule has 1 aliphatic heterocycles. The summed E-state index contributed by atoms with van der Waals surface area (Å²) in [6.07, 6.45) is 4.20. The fourth-order valence-electron chi connectivity index (χ4n) is 2.84. The number of aryl methyl sites for hydroxylation is 1. The minimum Gasteiger partial charge on any atom is -0.381 e. The van der Waals surface area contributed by atoms with Crippen molar-refractivity contribution in [2.45, 2.75) is 33.6 Å². The van der Waals surface area contributed by atoms with Crippen LogP contribution in [0.15, 0.2) is 6.20 Å². The van der Waals surface area contributed by atoms with Crippen LogP contribution in [-0.4, -0.2) is 32.7 Å². The van der Waals surface area contributed by atoms with Gasteiger partial charge < -0.3 is 10.6 Å². The third-order valence-corrected chi connectivity index (χ3v) is 3.80. The second-order valence-corrected chi connectivity index (χ2v) is 6.13. The number of fused-ring (bicyclic) bond motifs is 1. The molecule has 0 aromatic carbocycles. The second-order valence-electron chi connectivity index (χ2n) is 6.13. The van der Waals surface area contributed by atoms with Gasteiger partial charge in [-0.2, -0.15) is 0 Å². The maximum atomic E-state index is 5.87. The zero-order chi connectivity index (χ0) is 13.6. The van der Waals surface area contributed by atoms with Gasteiger partial charge in [0.15, 0.2) is 5.82 Å². The molecule has 1 fully saturated rings. The average Bonchev–Trinajstić information content (AvgIpc) is 2.78. The summed E-state index contributed by atoms with van der Waals surface area (Å²) in [5.74, 6) is 1.31. The molecule has 0 saturated carbocycles. The third-order valence-electron chi connectivity index (χ3n) is 3.80. The number of rotatable bonds is 1. The van der Waals surface area contributed by atoms with Crippen molar-refractivity contribution in [2.75, 3.05) is 23.7 Å². The largest absolute Gasteiger partial charge is 0.381 e. The molecule has 0 atom stereocenters. The molecule has 19 heavy (non-hydrogen) atoms. The van der Waals surface area contributed by atoms with Gasteiger partial charge >= 0.3 is 0 Å². The van der Waals surface area contributed by atoms with Gasteiger partial charge in [-0.05, 0) is 25.2 Å². The molecule has 0 radical (unpaired) electrons. The van der Waals surface area contributed by atoms with E-state index in [0.717, 1.165) is 24.7 Å². The Balaban J connectivity index is 2.08. The Kier molecular flexibility index (Phi) is 2.62. The molecule has 0 unspecified atom stereocenters. The van der Waals surface area contributed by atoms with E-state index in [1.807, 2.05) is 11.3 Å². The lowest BCUT2D eigenvalue weighted by Gasteiger charge is -2.38. The van der Waals surface area contributed by atoms with Crippen LogP contribution in [0.5, 0.6) is 0 Å². The van der Waals surface area contributed by atoms with Crippen molar-refractivity contribution in [2.24, 2.45) is 5.41 Å². The van der Waals surface area contributed by atoms with E-state index in [1.165, 1.54) is 12.8 Å².